The minimum Gasteiger partial charge on any atom is -0.355 e. The molecule has 3 nitrogen and oxygen atoms in total. The molecule has 0 aliphatic carbocycles. The molecule has 2 N–H and O–H groups in total. The van der Waals surface area contributed by atoms with E-state index >= 15 is 0 Å². The van der Waals surface area contributed by atoms with Crippen LogP contribution in [0.15, 0.2) is 24.3 Å². The van der Waals surface area contributed by atoms with Crippen LogP contribution in [0.1, 0.15) is 31.9 Å². The Balaban J connectivity index is 0.00000361. The van der Waals surface area contributed by atoms with Crippen LogP contribution < -0.4 is 10.6 Å². The molecule has 0 saturated heterocycles. The Kier molecular flexibility index (Phi) is 10.1. The van der Waals surface area contributed by atoms with Crippen molar-refractivity contribution in [3.8, 4) is 0 Å². The van der Waals surface area contributed by atoms with E-state index in [4.69, 9.17) is 0 Å². The van der Waals surface area contributed by atoms with Gasteiger partial charge in [0.25, 0.3) is 0 Å². The molecule has 0 bridgehead atoms. The highest BCUT2D eigenvalue weighted by Gasteiger charge is 2.03. The molecule has 0 spiro atoms. The molecule has 0 aromatic heterocycles. The maximum atomic E-state index is 11.7. The summed E-state index contributed by atoms with van der Waals surface area (Å²) >= 11 is 0. The van der Waals surface area contributed by atoms with Crippen LogP contribution in [0.5, 0.6) is 0 Å². The standard InChI is InChI=1S/C16H26N2O.ClH/c1-4-17-9-10-18-16(19)12-15-7-5-14(6-8-15)11-13(2)3;/h5-8,13,17H,4,9-12H2,1-3H3,(H,18,19);1H. The van der Waals surface area contributed by atoms with Crippen molar-refractivity contribution in [2.75, 3.05) is 19.6 Å². The van der Waals surface area contributed by atoms with E-state index in [1.807, 2.05) is 0 Å². The summed E-state index contributed by atoms with van der Waals surface area (Å²) in [6.45, 7) is 8.94. The third kappa shape index (κ3) is 8.18. The van der Waals surface area contributed by atoms with Crippen LogP contribution in [0.3, 0.4) is 0 Å². The normalized spacial score (nSPS) is 10.2. The lowest BCUT2D eigenvalue weighted by molar-refractivity contribution is -0.120. The van der Waals surface area contributed by atoms with Gasteiger partial charge in [-0.15, -0.1) is 12.4 Å². The minimum absolute atomic E-state index is 0. The molecule has 0 aliphatic heterocycles. The average molecular weight is 299 g/mol. The molecule has 0 radical (unpaired) electrons. The number of amides is 1. The summed E-state index contributed by atoms with van der Waals surface area (Å²) in [5, 5.41) is 6.09. The number of benzene rings is 1. The summed E-state index contributed by atoms with van der Waals surface area (Å²) in [6.07, 6.45) is 1.56. The van der Waals surface area contributed by atoms with Gasteiger partial charge in [0, 0.05) is 13.1 Å². The highest BCUT2D eigenvalue weighted by molar-refractivity contribution is 5.85. The third-order valence-corrected chi connectivity index (χ3v) is 2.91. The number of carbonyl (C=O) groups excluding carboxylic acids is 1. The van der Waals surface area contributed by atoms with E-state index < -0.39 is 0 Å². The fourth-order valence-electron chi connectivity index (χ4n) is 1.98. The topological polar surface area (TPSA) is 41.1 Å². The maximum Gasteiger partial charge on any atom is 0.224 e. The van der Waals surface area contributed by atoms with Gasteiger partial charge < -0.3 is 10.6 Å². The second kappa shape index (κ2) is 10.7. The number of hydrogen-bond acceptors (Lipinski definition) is 2. The fraction of sp³-hybridized carbons (Fsp3) is 0.562. The van der Waals surface area contributed by atoms with Crippen molar-refractivity contribution >= 4 is 18.3 Å². The van der Waals surface area contributed by atoms with Crippen LogP contribution >= 0.6 is 12.4 Å². The Morgan fingerprint density at radius 3 is 2.25 bits per heavy atom. The molecular weight excluding hydrogens is 272 g/mol. The van der Waals surface area contributed by atoms with Gasteiger partial charge in [0.1, 0.15) is 0 Å². The third-order valence-electron chi connectivity index (χ3n) is 2.91. The van der Waals surface area contributed by atoms with Gasteiger partial charge in [-0.2, -0.15) is 0 Å². The van der Waals surface area contributed by atoms with E-state index in [0.717, 1.165) is 25.1 Å². The van der Waals surface area contributed by atoms with Crippen molar-refractivity contribution in [3.63, 3.8) is 0 Å². The van der Waals surface area contributed by atoms with Crippen LogP contribution in [-0.2, 0) is 17.6 Å². The Labute approximate surface area is 128 Å². The van der Waals surface area contributed by atoms with Crippen molar-refractivity contribution in [3.05, 3.63) is 35.4 Å². The van der Waals surface area contributed by atoms with Crippen molar-refractivity contribution in [1.82, 2.24) is 10.6 Å². The lowest BCUT2D eigenvalue weighted by atomic mass is 10.0. The highest BCUT2D eigenvalue weighted by Crippen LogP contribution is 2.10. The largest absolute Gasteiger partial charge is 0.355 e. The maximum absolute atomic E-state index is 11.7. The molecule has 0 aliphatic rings. The monoisotopic (exact) mass is 298 g/mol. The van der Waals surface area contributed by atoms with E-state index in [1.54, 1.807) is 0 Å². The van der Waals surface area contributed by atoms with Crippen LogP contribution in [0.2, 0.25) is 0 Å². The summed E-state index contributed by atoms with van der Waals surface area (Å²) in [6, 6.07) is 8.37. The Bertz CT molecular complexity index is 377. The number of rotatable bonds is 8. The van der Waals surface area contributed by atoms with Crippen molar-refractivity contribution < 1.29 is 4.79 Å². The molecule has 0 saturated carbocycles. The molecule has 1 aromatic rings. The number of carbonyl (C=O) groups is 1. The van der Waals surface area contributed by atoms with E-state index in [2.05, 4.69) is 55.7 Å². The molecule has 0 heterocycles. The summed E-state index contributed by atoms with van der Waals surface area (Å²) in [5.74, 6) is 0.759. The molecule has 1 aromatic carbocycles. The molecule has 114 valence electrons. The van der Waals surface area contributed by atoms with Gasteiger partial charge in [-0.1, -0.05) is 45.0 Å². The SMILES string of the molecule is CCNCCNC(=O)Cc1ccc(CC(C)C)cc1.Cl. The molecule has 4 heteroatoms. The first-order valence-electron chi connectivity index (χ1n) is 7.17. The van der Waals surface area contributed by atoms with Gasteiger partial charge in [-0.3, -0.25) is 4.79 Å². The molecule has 0 unspecified atom stereocenters. The van der Waals surface area contributed by atoms with Gasteiger partial charge in [0.15, 0.2) is 0 Å². The van der Waals surface area contributed by atoms with E-state index in [-0.39, 0.29) is 18.3 Å². The summed E-state index contributed by atoms with van der Waals surface area (Å²) < 4.78 is 0. The van der Waals surface area contributed by atoms with Crippen molar-refractivity contribution in [1.29, 1.82) is 0 Å². The Morgan fingerprint density at radius 2 is 1.70 bits per heavy atom. The molecule has 20 heavy (non-hydrogen) atoms. The zero-order chi connectivity index (χ0) is 14.1. The second-order valence-electron chi connectivity index (χ2n) is 5.29. The fourth-order valence-corrected chi connectivity index (χ4v) is 1.98. The average Bonchev–Trinajstić information content (AvgIpc) is 2.36. The molecule has 1 rings (SSSR count). The predicted octanol–water partition coefficient (Wildman–Crippen LogP) is 2.58. The number of nitrogens with one attached hydrogen (secondary N) is 2. The first kappa shape index (κ1) is 18.9. The summed E-state index contributed by atoms with van der Waals surface area (Å²) in [7, 11) is 0. The van der Waals surface area contributed by atoms with Gasteiger partial charge >= 0.3 is 0 Å². The summed E-state index contributed by atoms with van der Waals surface area (Å²) in [5.41, 5.74) is 2.42. The van der Waals surface area contributed by atoms with E-state index in [0.29, 0.717) is 18.9 Å². The van der Waals surface area contributed by atoms with Crippen molar-refractivity contribution in [2.24, 2.45) is 5.92 Å². The zero-order valence-corrected chi connectivity index (χ0v) is 13.6. The van der Waals surface area contributed by atoms with Crippen LogP contribution in [0, 0.1) is 5.92 Å². The Morgan fingerprint density at radius 1 is 1.10 bits per heavy atom. The zero-order valence-electron chi connectivity index (χ0n) is 12.7. The van der Waals surface area contributed by atoms with Gasteiger partial charge in [0.05, 0.1) is 6.42 Å². The Hall–Kier alpha value is -1.06. The molecule has 1 amide bonds. The second-order valence-corrected chi connectivity index (χ2v) is 5.29. The van der Waals surface area contributed by atoms with Crippen LogP contribution in [0.25, 0.3) is 0 Å². The van der Waals surface area contributed by atoms with E-state index in [9.17, 15) is 4.79 Å². The first-order valence-corrected chi connectivity index (χ1v) is 7.17. The quantitative estimate of drug-likeness (QED) is 0.724. The number of halogens is 1. The van der Waals surface area contributed by atoms with Crippen LogP contribution in [0.4, 0.5) is 0 Å². The smallest absolute Gasteiger partial charge is 0.224 e. The minimum atomic E-state index is 0. The molecular formula is C16H27ClN2O. The molecule has 0 fully saturated rings. The van der Waals surface area contributed by atoms with Gasteiger partial charge in [0.2, 0.25) is 5.91 Å². The lowest BCUT2D eigenvalue weighted by Crippen LogP contribution is -2.32. The predicted molar refractivity (Wildman–Crippen MR) is 87.5 cm³/mol. The molecule has 0 atom stereocenters. The lowest BCUT2D eigenvalue weighted by Gasteiger charge is -2.07. The van der Waals surface area contributed by atoms with Gasteiger partial charge in [-0.05, 0) is 30.0 Å². The summed E-state index contributed by atoms with van der Waals surface area (Å²) in [4.78, 5) is 11.7. The van der Waals surface area contributed by atoms with Crippen molar-refractivity contribution in [2.45, 2.75) is 33.6 Å². The first-order chi connectivity index (χ1) is 9.11. The van der Waals surface area contributed by atoms with Crippen LogP contribution in [-0.4, -0.2) is 25.5 Å². The highest BCUT2D eigenvalue weighted by atomic mass is 35.5. The van der Waals surface area contributed by atoms with E-state index in [1.165, 1.54) is 5.56 Å². The number of hydrogen-bond donors (Lipinski definition) is 2. The van der Waals surface area contributed by atoms with Gasteiger partial charge in [-0.25, -0.2) is 0 Å². The number of likely N-dealkylation sites (N-methyl/N-ethyl adjacent to an activating group) is 1.